The summed E-state index contributed by atoms with van der Waals surface area (Å²) in [5.41, 5.74) is 3.90. The number of carbonyl (C=O) groups is 1. The predicted molar refractivity (Wildman–Crippen MR) is 109 cm³/mol. The minimum absolute atomic E-state index is 0.0834. The van der Waals surface area contributed by atoms with Crippen molar-refractivity contribution in [2.45, 2.75) is 20.8 Å². The third-order valence-electron chi connectivity index (χ3n) is 4.34. The van der Waals surface area contributed by atoms with Crippen LogP contribution in [0.2, 0.25) is 0 Å². The van der Waals surface area contributed by atoms with Crippen LogP contribution in [0.25, 0.3) is 6.08 Å². The molecule has 0 aliphatic carbocycles. The third kappa shape index (κ3) is 4.61. The van der Waals surface area contributed by atoms with Crippen molar-refractivity contribution >= 4 is 17.7 Å². The van der Waals surface area contributed by atoms with Gasteiger partial charge in [0, 0.05) is 18.3 Å². The number of aryl methyl sites for hydroxylation is 2. The Morgan fingerprint density at radius 1 is 1.00 bits per heavy atom. The van der Waals surface area contributed by atoms with E-state index in [2.05, 4.69) is 0 Å². The van der Waals surface area contributed by atoms with E-state index < -0.39 is 0 Å². The summed E-state index contributed by atoms with van der Waals surface area (Å²) in [6.45, 7) is 6.58. The molecule has 0 spiro atoms. The van der Waals surface area contributed by atoms with Crippen LogP contribution in [0.15, 0.2) is 36.4 Å². The number of nitrogens with zero attached hydrogens (tertiary/aromatic N) is 1. The molecule has 0 atom stereocenters. The van der Waals surface area contributed by atoms with Gasteiger partial charge in [0.15, 0.2) is 11.5 Å². The third-order valence-corrected chi connectivity index (χ3v) is 4.34. The minimum atomic E-state index is -0.0834. The maximum atomic E-state index is 12.8. The molecule has 0 unspecified atom stereocenters. The monoisotopic (exact) mass is 369 g/mol. The van der Waals surface area contributed by atoms with E-state index in [-0.39, 0.29) is 5.91 Å². The van der Waals surface area contributed by atoms with Gasteiger partial charge in [0.2, 0.25) is 5.75 Å². The summed E-state index contributed by atoms with van der Waals surface area (Å²) in [6, 6.07) is 9.72. The summed E-state index contributed by atoms with van der Waals surface area (Å²) in [6.07, 6.45) is 3.31. The highest BCUT2D eigenvalue weighted by atomic mass is 16.5. The van der Waals surface area contributed by atoms with E-state index in [1.165, 1.54) is 0 Å². The van der Waals surface area contributed by atoms with Gasteiger partial charge in [-0.05, 0) is 61.7 Å². The van der Waals surface area contributed by atoms with Crippen LogP contribution >= 0.6 is 0 Å². The maximum Gasteiger partial charge on any atom is 0.250 e. The van der Waals surface area contributed by atoms with E-state index in [9.17, 15) is 4.79 Å². The molecule has 0 saturated carbocycles. The first-order valence-electron chi connectivity index (χ1n) is 8.82. The zero-order valence-electron chi connectivity index (χ0n) is 16.8. The summed E-state index contributed by atoms with van der Waals surface area (Å²) >= 11 is 0. The van der Waals surface area contributed by atoms with E-state index in [4.69, 9.17) is 14.2 Å². The molecule has 0 bridgehead atoms. The highest BCUT2D eigenvalue weighted by Crippen LogP contribution is 2.38. The molecule has 0 N–H and O–H groups in total. The van der Waals surface area contributed by atoms with Gasteiger partial charge >= 0.3 is 0 Å². The molecule has 1 amide bonds. The van der Waals surface area contributed by atoms with Crippen LogP contribution in [-0.2, 0) is 4.79 Å². The Kier molecular flexibility index (Phi) is 6.88. The average molecular weight is 369 g/mol. The average Bonchev–Trinajstić information content (AvgIpc) is 2.68. The van der Waals surface area contributed by atoms with Gasteiger partial charge in [-0.1, -0.05) is 12.1 Å². The Morgan fingerprint density at radius 2 is 1.63 bits per heavy atom. The number of carbonyl (C=O) groups excluding carboxylic acids is 1. The summed E-state index contributed by atoms with van der Waals surface area (Å²) in [5, 5.41) is 0. The minimum Gasteiger partial charge on any atom is -0.493 e. The maximum absolute atomic E-state index is 12.8. The number of hydrogen-bond donors (Lipinski definition) is 0. The molecular weight excluding hydrogens is 342 g/mol. The quantitative estimate of drug-likeness (QED) is 0.679. The number of methoxy groups -OCH3 is 3. The smallest absolute Gasteiger partial charge is 0.250 e. The molecule has 5 nitrogen and oxygen atoms in total. The van der Waals surface area contributed by atoms with Crippen LogP contribution in [0.3, 0.4) is 0 Å². The second-order valence-electron chi connectivity index (χ2n) is 6.16. The predicted octanol–water partition coefficient (Wildman–Crippen LogP) is 4.40. The van der Waals surface area contributed by atoms with E-state index >= 15 is 0 Å². The number of amides is 1. The largest absolute Gasteiger partial charge is 0.493 e. The zero-order valence-corrected chi connectivity index (χ0v) is 16.8. The lowest BCUT2D eigenvalue weighted by atomic mass is 10.1. The number of rotatable bonds is 7. The molecule has 0 heterocycles. The Bertz CT molecular complexity index is 817. The highest BCUT2D eigenvalue weighted by molar-refractivity contribution is 6.04. The van der Waals surface area contributed by atoms with Crippen molar-refractivity contribution in [3.63, 3.8) is 0 Å². The Hall–Kier alpha value is -2.95. The van der Waals surface area contributed by atoms with Gasteiger partial charge in [0.1, 0.15) is 0 Å². The first-order valence-corrected chi connectivity index (χ1v) is 8.82. The Morgan fingerprint density at radius 3 is 2.15 bits per heavy atom. The molecule has 0 fully saturated rings. The van der Waals surface area contributed by atoms with Crippen molar-refractivity contribution in [2.24, 2.45) is 0 Å². The highest BCUT2D eigenvalue weighted by Gasteiger charge is 2.15. The Balaban J connectivity index is 2.33. The second kappa shape index (κ2) is 9.12. The topological polar surface area (TPSA) is 48.0 Å². The zero-order chi connectivity index (χ0) is 20.0. The van der Waals surface area contributed by atoms with Crippen molar-refractivity contribution in [2.75, 3.05) is 32.8 Å². The van der Waals surface area contributed by atoms with Gasteiger partial charge in [-0.3, -0.25) is 4.79 Å². The standard InChI is InChI=1S/C22H27NO4/c1-7-23(18-12-15(2)8-9-16(18)3)21(24)11-10-17-13-19(25-4)22(27-6)20(14-17)26-5/h8-14H,7H2,1-6H3. The van der Waals surface area contributed by atoms with Crippen LogP contribution in [0.4, 0.5) is 5.69 Å². The van der Waals surface area contributed by atoms with Crippen LogP contribution in [-0.4, -0.2) is 33.8 Å². The summed E-state index contributed by atoms with van der Waals surface area (Å²) < 4.78 is 16.0. The van der Waals surface area contributed by atoms with Crippen molar-refractivity contribution in [1.29, 1.82) is 0 Å². The van der Waals surface area contributed by atoms with Crippen LogP contribution in [0.1, 0.15) is 23.6 Å². The van der Waals surface area contributed by atoms with Gasteiger partial charge in [0.25, 0.3) is 5.91 Å². The van der Waals surface area contributed by atoms with Crippen molar-refractivity contribution < 1.29 is 19.0 Å². The number of hydrogen-bond acceptors (Lipinski definition) is 4. The number of ether oxygens (including phenoxy) is 3. The first-order chi connectivity index (χ1) is 12.9. The molecule has 0 aromatic heterocycles. The first kappa shape index (κ1) is 20.4. The molecule has 5 heteroatoms. The molecular formula is C22H27NO4. The van der Waals surface area contributed by atoms with Gasteiger partial charge in [-0.2, -0.15) is 0 Å². The van der Waals surface area contributed by atoms with Gasteiger partial charge in [-0.25, -0.2) is 0 Å². The van der Waals surface area contributed by atoms with E-state index in [0.29, 0.717) is 23.8 Å². The van der Waals surface area contributed by atoms with Crippen LogP contribution in [0, 0.1) is 13.8 Å². The molecule has 27 heavy (non-hydrogen) atoms. The number of benzene rings is 2. The normalized spacial score (nSPS) is 10.7. The summed E-state index contributed by atoms with van der Waals surface area (Å²) in [5.74, 6) is 1.53. The van der Waals surface area contributed by atoms with E-state index in [1.807, 2.05) is 39.0 Å². The summed E-state index contributed by atoms with van der Waals surface area (Å²) in [4.78, 5) is 14.6. The van der Waals surface area contributed by atoms with Crippen LogP contribution < -0.4 is 19.1 Å². The summed E-state index contributed by atoms with van der Waals surface area (Å²) in [7, 11) is 4.69. The number of anilines is 1. The molecule has 0 aliphatic heterocycles. The van der Waals surface area contributed by atoms with Crippen molar-refractivity contribution in [3.8, 4) is 17.2 Å². The fourth-order valence-electron chi connectivity index (χ4n) is 2.91. The van der Waals surface area contributed by atoms with E-state index in [1.54, 1.807) is 50.5 Å². The Labute approximate surface area is 161 Å². The molecule has 0 saturated heterocycles. The lowest BCUT2D eigenvalue weighted by Gasteiger charge is -2.22. The fourth-order valence-corrected chi connectivity index (χ4v) is 2.91. The number of likely N-dealkylation sites (N-methyl/N-ethyl adjacent to an activating group) is 1. The lowest BCUT2D eigenvalue weighted by molar-refractivity contribution is -0.114. The lowest BCUT2D eigenvalue weighted by Crippen LogP contribution is -2.29. The molecule has 2 aromatic rings. The molecule has 2 aromatic carbocycles. The van der Waals surface area contributed by atoms with Gasteiger partial charge in [0.05, 0.1) is 21.3 Å². The van der Waals surface area contributed by atoms with Gasteiger partial charge in [-0.15, -0.1) is 0 Å². The SMILES string of the molecule is CCN(C(=O)C=Cc1cc(OC)c(OC)c(OC)c1)c1cc(C)ccc1C. The molecule has 0 aliphatic rings. The van der Waals surface area contributed by atoms with E-state index in [0.717, 1.165) is 22.4 Å². The van der Waals surface area contributed by atoms with Crippen molar-refractivity contribution in [1.82, 2.24) is 0 Å². The fraction of sp³-hybridized carbons (Fsp3) is 0.318. The molecule has 144 valence electrons. The van der Waals surface area contributed by atoms with Crippen molar-refractivity contribution in [3.05, 3.63) is 53.1 Å². The molecule has 2 rings (SSSR count). The second-order valence-corrected chi connectivity index (χ2v) is 6.16. The van der Waals surface area contributed by atoms with Gasteiger partial charge < -0.3 is 19.1 Å². The molecule has 0 radical (unpaired) electrons. The van der Waals surface area contributed by atoms with Crippen LogP contribution in [0.5, 0.6) is 17.2 Å².